The number of rotatable bonds is 6. The van der Waals surface area contributed by atoms with Gasteiger partial charge in [-0.2, -0.15) is 5.10 Å². The molecule has 108 valence electrons. The molecule has 0 fully saturated rings. The molecule has 0 saturated heterocycles. The maximum Gasteiger partial charge on any atom is 0.240 e. The Bertz CT molecular complexity index is 662. The zero-order valence-corrected chi connectivity index (χ0v) is 12.3. The van der Waals surface area contributed by atoms with E-state index in [9.17, 15) is 8.42 Å². The van der Waals surface area contributed by atoms with Crippen LogP contribution >= 0.6 is 0 Å². The smallest absolute Gasteiger partial charge is 0.240 e. The second kappa shape index (κ2) is 6.06. The van der Waals surface area contributed by atoms with Crippen LogP contribution < -0.4 is 10.0 Å². The van der Waals surface area contributed by atoms with Crippen molar-refractivity contribution in [3.63, 3.8) is 0 Å². The van der Waals surface area contributed by atoms with Crippen molar-refractivity contribution in [3.05, 3.63) is 42.2 Å². The topological polar surface area (TPSA) is 76.0 Å². The van der Waals surface area contributed by atoms with E-state index >= 15 is 0 Å². The maximum atomic E-state index is 12.1. The highest BCUT2D eigenvalue weighted by Crippen LogP contribution is 2.13. The Morgan fingerprint density at radius 2 is 1.90 bits per heavy atom. The Labute approximate surface area is 118 Å². The molecule has 7 heteroatoms. The lowest BCUT2D eigenvalue weighted by Gasteiger charge is -2.08. The summed E-state index contributed by atoms with van der Waals surface area (Å²) < 4.78 is 28.5. The Kier molecular flexibility index (Phi) is 4.41. The van der Waals surface area contributed by atoms with Crippen LogP contribution in [-0.4, -0.2) is 31.8 Å². The quantitative estimate of drug-likeness (QED) is 0.833. The van der Waals surface area contributed by atoms with Crippen LogP contribution in [0, 0.1) is 0 Å². The summed E-state index contributed by atoms with van der Waals surface area (Å²) in [6, 6.07) is 8.50. The molecule has 0 aliphatic carbocycles. The first-order chi connectivity index (χ1) is 9.53. The van der Waals surface area contributed by atoms with E-state index in [1.165, 1.54) is 0 Å². The maximum absolute atomic E-state index is 12.1. The second-order valence-corrected chi connectivity index (χ2v) is 6.14. The van der Waals surface area contributed by atoms with Crippen LogP contribution in [0.4, 0.5) is 5.69 Å². The van der Waals surface area contributed by atoms with Crippen molar-refractivity contribution in [2.45, 2.75) is 11.3 Å². The first-order valence-corrected chi connectivity index (χ1v) is 7.75. The largest absolute Gasteiger partial charge is 0.388 e. The molecule has 1 heterocycles. The predicted molar refractivity (Wildman–Crippen MR) is 78.1 cm³/mol. The molecule has 0 spiro atoms. The molecule has 0 unspecified atom stereocenters. The molecule has 0 aliphatic heterocycles. The van der Waals surface area contributed by atoms with E-state index in [1.807, 2.05) is 13.1 Å². The van der Waals surface area contributed by atoms with E-state index in [0.29, 0.717) is 13.0 Å². The monoisotopic (exact) mass is 294 g/mol. The molecule has 20 heavy (non-hydrogen) atoms. The van der Waals surface area contributed by atoms with E-state index in [2.05, 4.69) is 15.1 Å². The number of aromatic nitrogens is 2. The highest BCUT2D eigenvalue weighted by atomic mass is 32.2. The Morgan fingerprint density at radius 3 is 2.45 bits per heavy atom. The molecule has 1 aromatic carbocycles. The molecule has 0 bridgehead atoms. The van der Waals surface area contributed by atoms with Crippen molar-refractivity contribution >= 4 is 15.7 Å². The van der Waals surface area contributed by atoms with Gasteiger partial charge in [-0.3, -0.25) is 4.68 Å². The second-order valence-electron chi connectivity index (χ2n) is 4.37. The van der Waals surface area contributed by atoms with E-state index in [0.717, 1.165) is 11.4 Å². The van der Waals surface area contributed by atoms with Gasteiger partial charge in [0.2, 0.25) is 10.0 Å². The van der Waals surface area contributed by atoms with Crippen molar-refractivity contribution in [2.75, 3.05) is 18.9 Å². The summed E-state index contributed by atoms with van der Waals surface area (Å²) in [4.78, 5) is 0.265. The highest BCUT2D eigenvalue weighted by molar-refractivity contribution is 7.89. The van der Waals surface area contributed by atoms with Crippen LogP contribution in [0.2, 0.25) is 0 Å². The van der Waals surface area contributed by atoms with Crippen LogP contribution in [0.3, 0.4) is 0 Å². The van der Waals surface area contributed by atoms with Gasteiger partial charge >= 0.3 is 0 Å². The van der Waals surface area contributed by atoms with Gasteiger partial charge < -0.3 is 5.32 Å². The van der Waals surface area contributed by atoms with Crippen molar-refractivity contribution in [3.8, 4) is 0 Å². The summed E-state index contributed by atoms with van der Waals surface area (Å²) in [6.07, 6.45) is 2.30. The summed E-state index contributed by atoms with van der Waals surface area (Å²) in [5.41, 5.74) is 1.86. The predicted octanol–water partition coefficient (Wildman–Crippen LogP) is 0.983. The zero-order chi connectivity index (χ0) is 14.6. The van der Waals surface area contributed by atoms with Crippen molar-refractivity contribution < 1.29 is 8.42 Å². The molecular weight excluding hydrogens is 276 g/mol. The van der Waals surface area contributed by atoms with Gasteiger partial charge in [-0.1, -0.05) is 0 Å². The van der Waals surface area contributed by atoms with Crippen LogP contribution in [0.25, 0.3) is 0 Å². The number of hydrogen-bond donors (Lipinski definition) is 2. The first kappa shape index (κ1) is 14.5. The van der Waals surface area contributed by atoms with Gasteiger partial charge in [0.05, 0.1) is 4.90 Å². The molecule has 2 aromatic rings. The number of hydrogen-bond acceptors (Lipinski definition) is 4. The minimum absolute atomic E-state index is 0.265. The van der Waals surface area contributed by atoms with Crippen LogP contribution in [0.1, 0.15) is 5.69 Å². The lowest BCUT2D eigenvalue weighted by atomic mass is 10.3. The van der Waals surface area contributed by atoms with Crippen LogP contribution in [0.5, 0.6) is 0 Å². The lowest BCUT2D eigenvalue weighted by Crippen LogP contribution is -2.26. The molecule has 0 amide bonds. The Balaban J connectivity index is 1.98. The average Bonchev–Trinajstić information content (AvgIpc) is 2.84. The molecule has 1 aromatic heterocycles. The van der Waals surface area contributed by atoms with E-state index in [-0.39, 0.29) is 4.90 Å². The fourth-order valence-corrected chi connectivity index (χ4v) is 2.88. The number of sulfonamides is 1. The fourth-order valence-electron chi connectivity index (χ4n) is 1.84. The molecule has 0 saturated carbocycles. The normalized spacial score (nSPS) is 11.5. The minimum Gasteiger partial charge on any atom is -0.388 e. The standard InChI is InChI=1S/C13H18N4O2S/c1-14-11-3-5-13(6-4-11)20(18,19)16-10-8-12-7-9-15-17(12)2/h3-7,9,14,16H,8,10H2,1-2H3. The number of nitrogens with one attached hydrogen (secondary N) is 2. The molecule has 0 radical (unpaired) electrons. The van der Waals surface area contributed by atoms with Crippen molar-refractivity contribution in [1.82, 2.24) is 14.5 Å². The Morgan fingerprint density at radius 1 is 1.20 bits per heavy atom. The molecule has 2 N–H and O–H groups in total. The summed E-state index contributed by atoms with van der Waals surface area (Å²) in [5.74, 6) is 0. The molecular formula is C13H18N4O2S. The SMILES string of the molecule is CNc1ccc(S(=O)(=O)NCCc2ccnn2C)cc1. The molecule has 2 rings (SSSR count). The van der Waals surface area contributed by atoms with Crippen molar-refractivity contribution in [2.24, 2.45) is 7.05 Å². The van der Waals surface area contributed by atoms with Gasteiger partial charge in [0.15, 0.2) is 0 Å². The third kappa shape index (κ3) is 3.37. The highest BCUT2D eigenvalue weighted by Gasteiger charge is 2.13. The van der Waals surface area contributed by atoms with E-state index in [4.69, 9.17) is 0 Å². The summed E-state index contributed by atoms with van der Waals surface area (Å²) in [7, 11) is 0.162. The van der Waals surface area contributed by atoms with Gasteiger partial charge in [-0.15, -0.1) is 0 Å². The zero-order valence-electron chi connectivity index (χ0n) is 11.5. The fraction of sp³-hybridized carbons (Fsp3) is 0.308. The number of nitrogens with zero attached hydrogens (tertiary/aromatic N) is 2. The van der Waals surface area contributed by atoms with Gasteiger partial charge in [-0.05, 0) is 30.3 Å². The van der Waals surface area contributed by atoms with Gasteiger partial charge in [-0.25, -0.2) is 13.1 Å². The van der Waals surface area contributed by atoms with Gasteiger partial charge in [0, 0.05) is 44.6 Å². The van der Waals surface area contributed by atoms with Gasteiger partial charge in [0.1, 0.15) is 0 Å². The van der Waals surface area contributed by atoms with E-state index in [1.54, 1.807) is 42.2 Å². The first-order valence-electron chi connectivity index (χ1n) is 6.27. The number of benzene rings is 1. The third-order valence-electron chi connectivity index (χ3n) is 3.05. The molecule has 0 aliphatic rings. The lowest BCUT2D eigenvalue weighted by molar-refractivity contribution is 0.580. The average molecular weight is 294 g/mol. The number of anilines is 1. The summed E-state index contributed by atoms with van der Waals surface area (Å²) >= 11 is 0. The third-order valence-corrected chi connectivity index (χ3v) is 4.53. The summed E-state index contributed by atoms with van der Waals surface area (Å²) in [5, 5.41) is 6.99. The Hall–Kier alpha value is -1.86. The number of aryl methyl sites for hydroxylation is 1. The van der Waals surface area contributed by atoms with E-state index < -0.39 is 10.0 Å². The summed E-state index contributed by atoms with van der Waals surface area (Å²) in [6.45, 7) is 0.343. The van der Waals surface area contributed by atoms with Crippen LogP contribution in [-0.2, 0) is 23.5 Å². The van der Waals surface area contributed by atoms with Crippen LogP contribution in [0.15, 0.2) is 41.4 Å². The molecule has 0 atom stereocenters. The minimum atomic E-state index is -3.46. The van der Waals surface area contributed by atoms with Crippen molar-refractivity contribution in [1.29, 1.82) is 0 Å². The van der Waals surface area contributed by atoms with Gasteiger partial charge in [0.25, 0.3) is 0 Å². The molecule has 6 nitrogen and oxygen atoms in total.